The Morgan fingerprint density at radius 2 is 1.81 bits per heavy atom. The molecule has 0 spiro atoms. The molecule has 1 unspecified atom stereocenters. The van der Waals surface area contributed by atoms with Crippen LogP contribution in [0.2, 0.25) is 0 Å². The topological polar surface area (TPSA) is 145 Å². The Labute approximate surface area is 329 Å². The predicted octanol–water partition coefficient (Wildman–Crippen LogP) is 4.86. The lowest BCUT2D eigenvalue weighted by Gasteiger charge is -2.48. The summed E-state index contributed by atoms with van der Waals surface area (Å²) in [7, 11) is 0. The predicted molar refractivity (Wildman–Crippen MR) is 215 cm³/mol. The van der Waals surface area contributed by atoms with E-state index in [-0.39, 0.29) is 30.1 Å². The van der Waals surface area contributed by atoms with Crippen LogP contribution in [0.15, 0.2) is 73.1 Å². The standard InChI is InChI=1S/C43H44FN9O4/c1-26-35(23-46-42-40(26)45-12-17-57-42)28-4-5-31-22-47-43(49-37(31)19-28)48-32-8-6-29(36(44)21-32)20-39(55)53-24-34(25-53)52-15-13-51(14-16-52)33-9-2-27(3-10-33)18-30-7-11-38(54)50-41(30)56/h2-6,8-10,19,21-23,30,34,45H,7,11-18,20,24-25H2,1H3,(H,47,48,49)(H,50,54,56). The Morgan fingerprint density at radius 3 is 2.60 bits per heavy atom. The number of anilines is 4. The van der Waals surface area contributed by atoms with E-state index in [1.165, 1.54) is 6.07 Å². The molecular weight excluding hydrogens is 726 g/mol. The first-order chi connectivity index (χ1) is 27.7. The molecule has 5 aromatic rings. The van der Waals surface area contributed by atoms with Crippen molar-refractivity contribution < 1.29 is 23.5 Å². The SMILES string of the molecule is Cc1c(-c2ccc3cnc(Nc4ccc(CC(=O)N5CC(N6CCN(c7ccc(CC8CCC(=O)NC8=O)cc7)CC6)C5)c(F)c4)nc3c2)cnc2c1NCCO2. The largest absolute Gasteiger partial charge is 0.474 e. The second kappa shape index (κ2) is 15.4. The molecule has 4 aliphatic heterocycles. The van der Waals surface area contributed by atoms with Gasteiger partial charge in [0.25, 0.3) is 0 Å². The molecular formula is C43H44FN9O4. The Hall–Kier alpha value is -6.15. The van der Waals surface area contributed by atoms with Crippen molar-refractivity contribution >= 4 is 51.6 Å². The molecule has 0 saturated carbocycles. The van der Waals surface area contributed by atoms with Gasteiger partial charge in [0.1, 0.15) is 18.1 Å². The number of amides is 3. The van der Waals surface area contributed by atoms with Gasteiger partial charge in [-0.15, -0.1) is 0 Å². The lowest BCUT2D eigenvalue weighted by Crippen LogP contribution is -2.64. The fourth-order valence-electron chi connectivity index (χ4n) is 8.23. The van der Waals surface area contributed by atoms with Gasteiger partial charge in [-0.25, -0.2) is 19.3 Å². The molecule has 57 heavy (non-hydrogen) atoms. The quantitative estimate of drug-likeness (QED) is 0.177. The maximum atomic E-state index is 15.3. The smallest absolute Gasteiger partial charge is 0.237 e. The van der Waals surface area contributed by atoms with Gasteiger partial charge < -0.3 is 25.2 Å². The Kier molecular flexibility index (Phi) is 9.87. The number of ether oxygens (including phenoxy) is 1. The van der Waals surface area contributed by atoms with Crippen LogP contribution in [0.3, 0.4) is 0 Å². The summed E-state index contributed by atoms with van der Waals surface area (Å²) >= 11 is 0. The van der Waals surface area contributed by atoms with Crippen LogP contribution in [0, 0.1) is 18.7 Å². The van der Waals surface area contributed by atoms with Crippen LogP contribution in [0.5, 0.6) is 5.88 Å². The number of pyridine rings is 1. The van der Waals surface area contributed by atoms with E-state index < -0.39 is 5.82 Å². The molecule has 292 valence electrons. The second-order valence-corrected chi connectivity index (χ2v) is 15.3. The van der Waals surface area contributed by atoms with Crippen LogP contribution < -0.4 is 25.6 Å². The highest BCUT2D eigenvalue weighted by Crippen LogP contribution is 2.36. The summed E-state index contributed by atoms with van der Waals surface area (Å²) in [4.78, 5) is 57.1. The highest BCUT2D eigenvalue weighted by Gasteiger charge is 2.36. The number of benzene rings is 3. The number of aromatic nitrogens is 3. The summed E-state index contributed by atoms with van der Waals surface area (Å²) in [6.07, 6.45) is 5.18. The summed E-state index contributed by atoms with van der Waals surface area (Å²) in [6.45, 7) is 8.21. The first kappa shape index (κ1) is 36.5. The third-order valence-corrected chi connectivity index (χ3v) is 11.7. The number of piperazine rings is 1. The minimum Gasteiger partial charge on any atom is -0.474 e. The molecule has 3 N–H and O–H groups in total. The summed E-state index contributed by atoms with van der Waals surface area (Å²) in [5.74, 6) is -0.110. The van der Waals surface area contributed by atoms with Crippen LogP contribution in [0.1, 0.15) is 29.5 Å². The molecule has 6 heterocycles. The van der Waals surface area contributed by atoms with Gasteiger partial charge in [0.2, 0.25) is 29.5 Å². The van der Waals surface area contributed by atoms with Crippen LogP contribution in [-0.2, 0) is 27.2 Å². The number of carbonyl (C=O) groups is 3. The van der Waals surface area contributed by atoms with Crippen molar-refractivity contribution in [2.24, 2.45) is 5.92 Å². The zero-order chi connectivity index (χ0) is 39.0. The number of halogens is 1. The van der Waals surface area contributed by atoms with Crippen LogP contribution >= 0.6 is 0 Å². The normalized spacial score (nSPS) is 18.7. The van der Waals surface area contributed by atoms with E-state index in [2.05, 4.69) is 60.0 Å². The maximum Gasteiger partial charge on any atom is 0.237 e. The molecule has 1 atom stereocenters. The Balaban J connectivity index is 0.752. The summed E-state index contributed by atoms with van der Waals surface area (Å²) in [5, 5.41) is 9.82. The van der Waals surface area contributed by atoms with Gasteiger partial charge in [-0.1, -0.05) is 30.3 Å². The molecule has 3 saturated heterocycles. The van der Waals surface area contributed by atoms with Gasteiger partial charge in [-0.3, -0.25) is 24.6 Å². The zero-order valence-corrected chi connectivity index (χ0v) is 31.8. The average molecular weight is 770 g/mol. The van der Waals surface area contributed by atoms with E-state index in [1.54, 1.807) is 18.3 Å². The molecule has 0 radical (unpaired) electrons. The first-order valence-electron chi connectivity index (χ1n) is 19.6. The van der Waals surface area contributed by atoms with Crippen LogP contribution in [0.25, 0.3) is 22.0 Å². The van der Waals surface area contributed by atoms with Crippen LogP contribution in [0.4, 0.5) is 27.4 Å². The number of piperidine rings is 1. The Morgan fingerprint density at radius 1 is 0.982 bits per heavy atom. The van der Waals surface area contributed by atoms with Crippen molar-refractivity contribution in [3.05, 3.63) is 95.6 Å². The zero-order valence-electron chi connectivity index (χ0n) is 31.8. The fraction of sp³-hybridized carbons (Fsp3) is 0.349. The van der Waals surface area contributed by atoms with Gasteiger partial charge >= 0.3 is 0 Å². The molecule has 3 fully saturated rings. The number of nitrogens with zero attached hydrogens (tertiary/aromatic N) is 6. The molecule has 3 aromatic carbocycles. The molecule has 13 nitrogen and oxygen atoms in total. The molecule has 2 aromatic heterocycles. The van der Waals surface area contributed by atoms with Crippen molar-refractivity contribution in [1.82, 2.24) is 30.1 Å². The van der Waals surface area contributed by atoms with E-state index in [4.69, 9.17) is 9.72 Å². The minimum atomic E-state index is -0.457. The van der Waals surface area contributed by atoms with Crippen LogP contribution in [-0.4, -0.2) is 101 Å². The maximum absolute atomic E-state index is 15.3. The number of fused-ring (bicyclic) bond motifs is 2. The minimum absolute atomic E-state index is 0.0000135. The molecule has 9 rings (SSSR count). The molecule has 0 bridgehead atoms. The van der Waals surface area contributed by atoms with E-state index >= 15 is 4.39 Å². The van der Waals surface area contributed by atoms with Gasteiger partial charge in [0.05, 0.1) is 11.9 Å². The number of imide groups is 1. The lowest BCUT2D eigenvalue weighted by atomic mass is 9.91. The van der Waals surface area contributed by atoms with Gasteiger partial charge in [0, 0.05) is 98.9 Å². The average Bonchev–Trinajstić information content (AvgIpc) is 3.20. The van der Waals surface area contributed by atoms with Crippen molar-refractivity contribution in [2.45, 2.75) is 38.6 Å². The van der Waals surface area contributed by atoms with E-state index in [9.17, 15) is 14.4 Å². The first-order valence-corrected chi connectivity index (χ1v) is 19.6. The number of rotatable bonds is 9. The van der Waals surface area contributed by atoms with Gasteiger partial charge in [-0.2, -0.15) is 0 Å². The monoisotopic (exact) mass is 769 g/mol. The summed E-state index contributed by atoms with van der Waals surface area (Å²) < 4.78 is 21.0. The van der Waals surface area contributed by atoms with E-state index in [0.29, 0.717) is 68.1 Å². The third-order valence-electron chi connectivity index (χ3n) is 11.7. The summed E-state index contributed by atoms with van der Waals surface area (Å²) in [5.41, 5.74) is 7.72. The van der Waals surface area contributed by atoms with Gasteiger partial charge in [0.15, 0.2) is 0 Å². The molecule has 0 aliphatic carbocycles. The fourth-order valence-corrected chi connectivity index (χ4v) is 8.23. The van der Waals surface area contributed by atoms with Crippen molar-refractivity contribution in [2.75, 3.05) is 68.0 Å². The van der Waals surface area contributed by atoms with E-state index in [0.717, 1.165) is 77.3 Å². The van der Waals surface area contributed by atoms with Gasteiger partial charge in [-0.05, 0) is 72.4 Å². The molecule has 14 heteroatoms. The highest BCUT2D eigenvalue weighted by molar-refractivity contribution is 5.98. The lowest BCUT2D eigenvalue weighted by molar-refractivity contribution is -0.138. The van der Waals surface area contributed by atoms with Crippen molar-refractivity contribution in [3.8, 4) is 17.0 Å². The summed E-state index contributed by atoms with van der Waals surface area (Å²) in [6, 6.07) is 19.4. The number of carbonyl (C=O) groups excluding carboxylic acids is 3. The second-order valence-electron chi connectivity index (χ2n) is 15.3. The number of hydrogen-bond donors (Lipinski definition) is 3. The third kappa shape index (κ3) is 7.69. The Bertz CT molecular complexity index is 2360. The molecule has 3 amide bonds. The number of nitrogens with one attached hydrogen (secondary N) is 3. The van der Waals surface area contributed by atoms with E-state index in [1.807, 2.05) is 36.2 Å². The number of likely N-dealkylation sites (tertiary alicyclic amines) is 1. The van der Waals surface area contributed by atoms with Crippen molar-refractivity contribution in [1.29, 1.82) is 0 Å². The number of hydrogen-bond acceptors (Lipinski definition) is 11. The van der Waals surface area contributed by atoms with Crippen molar-refractivity contribution in [3.63, 3.8) is 0 Å². The molecule has 4 aliphatic rings. The highest BCUT2D eigenvalue weighted by atomic mass is 19.1.